The van der Waals surface area contributed by atoms with E-state index in [0.29, 0.717) is 36.1 Å². The minimum Gasteiger partial charge on any atom is -0.474 e. The number of fused-ring (bicyclic) bond motifs is 1. The fraction of sp³-hybridized carbons (Fsp3) is 0.200. The highest BCUT2D eigenvalue weighted by molar-refractivity contribution is 9.10. The summed E-state index contributed by atoms with van der Waals surface area (Å²) < 4.78 is 11.4. The van der Waals surface area contributed by atoms with Crippen molar-refractivity contribution in [2.45, 2.75) is 0 Å². The molecule has 8 heteroatoms. The normalized spacial score (nSPS) is 10.7. The summed E-state index contributed by atoms with van der Waals surface area (Å²) in [5.74, 6) is 0.972. The average Bonchev–Trinajstić information content (AvgIpc) is 2.56. The number of methoxy groups -OCH3 is 1. The molecule has 0 fully saturated rings. The minimum absolute atomic E-state index is 0.402. The van der Waals surface area contributed by atoms with E-state index in [2.05, 4.69) is 41.2 Å². The van der Waals surface area contributed by atoms with Gasteiger partial charge in [0, 0.05) is 17.3 Å². The van der Waals surface area contributed by atoms with E-state index in [-0.39, 0.29) is 0 Å². The van der Waals surface area contributed by atoms with Crippen molar-refractivity contribution in [1.82, 2.24) is 19.9 Å². The number of halogens is 1. The van der Waals surface area contributed by atoms with Gasteiger partial charge in [-0.3, -0.25) is 0 Å². The third-order valence-electron chi connectivity index (χ3n) is 2.95. The summed E-state index contributed by atoms with van der Waals surface area (Å²) in [4.78, 5) is 17.1. The molecule has 7 nitrogen and oxygen atoms in total. The molecule has 23 heavy (non-hydrogen) atoms. The van der Waals surface area contributed by atoms with Crippen LogP contribution in [0.5, 0.6) is 5.88 Å². The third kappa shape index (κ3) is 3.91. The van der Waals surface area contributed by atoms with Crippen LogP contribution < -0.4 is 10.1 Å². The molecular weight excluding hydrogens is 362 g/mol. The molecular formula is C15H14BrN5O2. The maximum absolute atomic E-state index is 5.49. The smallest absolute Gasteiger partial charge is 0.233 e. The van der Waals surface area contributed by atoms with Crippen molar-refractivity contribution in [3.05, 3.63) is 41.3 Å². The Bertz CT molecular complexity index is 815. The summed E-state index contributed by atoms with van der Waals surface area (Å²) in [7, 11) is 1.61. The first-order chi connectivity index (χ1) is 11.3. The number of hydrogen-bond donors (Lipinski definition) is 1. The molecule has 0 amide bonds. The molecule has 0 aliphatic carbocycles. The highest BCUT2D eigenvalue weighted by atomic mass is 79.9. The monoisotopic (exact) mass is 375 g/mol. The molecule has 0 spiro atoms. The number of benzene rings is 1. The summed E-state index contributed by atoms with van der Waals surface area (Å²) in [6.45, 7) is 0.882. The summed E-state index contributed by atoms with van der Waals surface area (Å²) in [6, 6.07) is 7.76. The van der Waals surface area contributed by atoms with Crippen LogP contribution in [0.25, 0.3) is 11.2 Å². The van der Waals surface area contributed by atoms with Gasteiger partial charge in [0.1, 0.15) is 12.9 Å². The molecule has 0 unspecified atom stereocenters. The molecule has 2 aromatic heterocycles. The van der Waals surface area contributed by atoms with Gasteiger partial charge in [0.25, 0.3) is 0 Å². The van der Waals surface area contributed by atoms with Crippen molar-refractivity contribution in [3.8, 4) is 5.88 Å². The maximum atomic E-state index is 5.49. The molecule has 0 aliphatic rings. The summed E-state index contributed by atoms with van der Waals surface area (Å²) >= 11 is 3.44. The second-order valence-electron chi connectivity index (χ2n) is 4.58. The van der Waals surface area contributed by atoms with E-state index in [0.717, 1.165) is 10.2 Å². The lowest BCUT2D eigenvalue weighted by Gasteiger charge is -2.09. The molecule has 2 heterocycles. The number of nitrogens with one attached hydrogen (secondary N) is 1. The summed E-state index contributed by atoms with van der Waals surface area (Å²) in [6.07, 6.45) is 2.98. The molecule has 1 aromatic carbocycles. The van der Waals surface area contributed by atoms with Gasteiger partial charge in [-0.05, 0) is 18.2 Å². The second kappa shape index (κ2) is 7.30. The molecule has 1 N–H and O–H groups in total. The molecule has 0 saturated carbocycles. The van der Waals surface area contributed by atoms with Gasteiger partial charge >= 0.3 is 0 Å². The van der Waals surface area contributed by atoms with Crippen molar-refractivity contribution in [2.24, 2.45) is 0 Å². The topological polar surface area (TPSA) is 82.0 Å². The van der Waals surface area contributed by atoms with Crippen molar-refractivity contribution in [3.63, 3.8) is 0 Å². The first kappa shape index (κ1) is 15.6. The van der Waals surface area contributed by atoms with E-state index in [1.165, 1.54) is 12.5 Å². The van der Waals surface area contributed by atoms with Crippen LogP contribution in [0.4, 0.5) is 11.5 Å². The van der Waals surface area contributed by atoms with Crippen LogP contribution in [0, 0.1) is 0 Å². The predicted molar refractivity (Wildman–Crippen MR) is 89.9 cm³/mol. The molecule has 3 rings (SSSR count). The van der Waals surface area contributed by atoms with Gasteiger partial charge in [0.15, 0.2) is 17.0 Å². The van der Waals surface area contributed by atoms with E-state index in [9.17, 15) is 0 Å². The van der Waals surface area contributed by atoms with Crippen molar-refractivity contribution < 1.29 is 9.47 Å². The van der Waals surface area contributed by atoms with Crippen LogP contribution >= 0.6 is 15.9 Å². The van der Waals surface area contributed by atoms with Gasteiger partial charge in [-0.25, -0.2) is 19.9 Å². The molecule has 0 atom stereocenters. The van der Waals surface area contributed by atoms with Crippen molar-refractivity contribution in [1.29, 1.82) is 0 Å². The lowest BCUT2D eigenvalue weighted by atomic mass is 10.3. The number of hydrogen-bond acceptors (Lipinski definition) is 7. The van der Waals surface area contributed by atoms with Crippen LogP contribution in [-0.2, 0) is 4.74 Å². The number of rotatable bonds is 6. The maximum Gasteiger partial charge on any atom is 0.233 e. The molecule has 0 aliphatic heterocycles. The van der Waals surface area contributed by atoms with E-state index in [4.69, 9.17) is 9.47 Å². The van der Waals surface area contributed by atoms with E-state index < -0.39 is 0 Å². The minimum atomic E-state index is 0.402. The Kier molecular flexibility index (Phi) is 4.94. The first-order valence-electron chi connectivity index (χ1n) is 6.88. The highest BCUT2D eigenvalue weighted by Crippen LogP contribution is 2.23. The fourth-order valence-electron chi connectivity index (χ4n) is 1.92. The van der Waals surface area contributed by atoms with Crippen molar-refractivity contribution in [2.75, 3.05) is 25.6 Å². The van der Waals surface area contributed by atoms with Crippen LogP contribution in [0.1, 0.15) is 0 Å². The van der Waals surface area contributed by atoms with E-state index in [1.807, 2.05) is 24.3 Å². The Labute approximate surface area is 141 Å². The van der Waals surface area contributed by atoms with Gasteiger partial charge in [0.05, 0.1) is 12.8 Å². The Morgan fingerprint density at radius 2 is 2.09 bits per heavy atom. The standard InChI is InChI=1S/C15H14BrN5O2/c1-22-5-6-23-12-8-17-14-13(21-12)15(19-9-18-14)20-11-4-2-3-10(16)7-11/h2-4,7-9H,5-6H2,1H3,(H,17,18,19,20). The zero-order valence-electron chi connectivity index (χ0n) is 12.4. The summed E-state index contributed by atoms with van der Waals surface area (Å²) in [5.41, 5.74) is 1.92. The fourth-order valence-corrected chi connectivity index (χ4v) is 2.32. The number of ether oxygens (including phenoxy) is 2. The number of nitrogens with zero attached hydrogens (tertiary/aromatic N) is 4. The number of anilines is 2. The summed E-state index contributed by atoms with van der Waals surface area (Å²) in [5, 5.41) is 3.22. The van der Waals surface area contributed by atoms with Gasteiger partial charge in [-0.15, -0.1) is 0 Å². The Balaban J connectivity index is 1.91. The third-order valence-corrected chi connectivity index (χ3v) is 3.44. The largest absolute Gasteiger partial charge is 0.474 e. The number of aromatic nitrogens is 4. The van der Waals surface area contributed by atoms with Gasteiger partial charge in [0.2, 0.25) is 5.88 Å². The Morgan fingerprint density at radius 1 is 1.17 bits per heavy atom. The second-order valence-corrected chi connectivity index (χ2v) is 5.50. The molecule has 0 saturated heterocycles. The van der Waals surface area contributed by atoms with Crippen molar-refractivity contribution >= 4 is 38.6 Å². The lowest BCUT2D eigenvalue weighted by Crippen LogP contribution is -2.06. The lowest BCUT2D eigenvalue weighted by molar-refractivity contribution is 0.143. The van der Waals surface area contributed by atoms with E-state index in [1.54, 1.807) is 7.11 Å². The van der Waals surface area contributed by atoms with Gasteiger partial charge in [-0.1, -0.05) is 22.0 Å². The first-order valence-corrected chi connectivity index (χ1v) is 7.67. The zero-order chi connectivity index (χ0) is 16.1. The van der Waals surface area contributed by atoms with Gasteiger partial charge < -0.3 is 14.8 Å². The SMILES string of the molecule is COCCOc1cnc2ncnc(Nc3cccc(Br)c3)c2n1. The van der Waals surface area contributed by atoms with E-state index >= 15 is 0 Å². The van der Waals surface area contributed by atoms with Gasteiger partial charge in [-0.2, -0.15) is 0 Å². The Hall–Kier alpha value is -2.32. The van der Waals surface area contributed by atoms with Crippen LogP contribution in [0.2, 0.25) is 0 Å². The Morgan fingerprint density at radius 3 is 2.91 bits per heavy atom. The average molecular weight is 376 g/mol. The quantitative estimate of drug-likeness (QED) is 0.663. The van der Waals surface area contributed by atoms with Crippen LogP contribution in [-0.4, -0.2) is 40.3 Å². The molecule has 3 aromatic rings. The van der Waals surface area contributed by atoms with Crippen LogP contribution in [0.15, 0.2) is 41.3 Å². The highest BCUT2D eigenvalue weighted by Gasteiger charge is 2.09. The van der Waals surface area contributed by atoms with Crippen LogP contribution in [0.3, 0.4) is 0 Å². The zero-order valence-corrected chi connectivity index (χ0v) is 13.9. The predicted octanol–water partition coefficient (Wildman–Crippen LogP) is 2.95. The molecule has 0 bridgehead atoms. The molecule has 118 valence electrons. The molecule has 0 radical (unpaired) electrons.